The molecule has 0 radical (unpaired) electrons. The first kappa shape index (κ1) is 14.3. The zero-order valence-corrected chi connectivity index (χ0v) is 11.4. The predicted octanol–water partition coefficient (Wildman–Crippen LogP) is 1.79. The van der Waals surface area contributed by atoms with Gasteiger partial charge in [0.05, 0.1) is 23.8 Å². The molecule has 5 nitrogen and oxygen atoms in total. The maximum absolute atomic E-state index is 11.4. The summed E-state index contributed by atoms with van der Waals surface area (Å²) >= 11 is 0. The van der Waals surface area contributed by atoms with Crippen molar-refractivity contribution in [2.45, 2.75) is 19.8 Å². The molecule has 0 unspecified atom stereocenters. The molecule has 18 heavy (non-hydrogen) atoms. The second-order valence-electron chi connectivity index (χ2n) is 4.35. The topological polar surface area (TPSA) is 57.3 Å². The molecule has 1 aromatic heterocycles. The third-order valence-corrected chi connectivity index (χ3v) is 2.48. The maximum Gasteiger partial charge on any atom is 0.223 e. The van der Waals surface area contributed by atoms with Gasteiger partial charge in [-0.05, 0) is 12.5 Å². The summed E-state index contributed by atoms with van der Waals surface area (Å²) in [6, 6.07) is 2.00. The van der Waals surface area contributed by atoms with Crippen LogP contribution in [-0.2, 0) is 4.79 Å². The highest BCUT2D eigenvalue weighted by Gasteiger charge is 2.03. The predicted molar refractivity (Wildman–Crippen MR) is 74.8 cm³/mol. The SMILES string of the molecule is CCCNc1cncc(NCCC(=O)N(C)C)c1. The summed E-state index contributed by atoms with van der Waals surface area (Å²) in [6.07, 6.45) is 5.12. The number of carbonyl (C=O) groups is 1. The Hall–Kier alpha value is -1.78. The highest BCUT2D eigenvalue weighted by atomic mass is 16.2. The van der Waals surface area contributed by atoms with Crippen LogP contribution in [0.15, 0.2) is 18.5 Å². The van der Waals surface area contributed by atoms with Gasteiger partial charge >= 0.3 is 0 Å². The number of anilines is 2. The molecule has 5 heteroatoms. The van der Waals surface area contributed by atoms with Crippen molar-refractivity contribution in [3.05, 3.63) is 18.5 Å². The van der Waals surface area contributed by atoms with Gasteiger partial charge in [0.2, 0.25) is 5.91 Å². The van der Waals surface area contributed by atoms with Crippen LogP contribution in [0.3, 0.4) is 0 Å². The summed E-state index contributed by atoms with van der Waals surface area (Å²) < 4.78 is 0. The Morgan fingerprint density at radius 2 is 1.83 bits per heavy atom. The molecule has 0 bridgehead atoms. The number of rotatable bonds is 7. The van der Waals surface area contributed by atoms with Crippen LogP contribution >= 0.6 is 0 Å². The van der Waals surface area contributed by atoms with Gasteiger partial charge < -0.3 is 15.5 Å². The molecule has 0 atom stereocenters. The van der Waals surface area contributed by atoms with E-state index in [0.29, 0.717) is 13.0 Å². The van der Waals surface area contributed by atoms with Gasteiger partial charge in [-0.1, -0.05) is 6.92 Å². The first-order valence-electron chi connectivity index (χ1n) is 6.26. The average Bonchev–Trinajstić information content (AvgIpc) is 2.36. The number of nitrogens with one attached hydrogen (secondary N) is 2. The Morgan fingerprint density at radius 1 is 1.22 bits per heavy atom. The van der Waals surface area contributed by atoms with E-state index in [2.05, 4.69) is 22.5 Å². The van der Waals surface area contributed by atoms with E-state index in [1.54, 1.807) is 31.4 Å². The molecule has 100 valence electrons. The number of hydrogen-bond donors (Lipinski definition) is 2. The number of hydrogen-bond acceptors (Lipinski definition) is 4. The Balaban J connectivity index is 2.40. The molecule has 0 saturated carbocycles. The monoisotopic (exact) mass is 250 g/mol. The summed E-state index contributed by atoms with van der Waals surface area (Å²) in [6.45, 7) is 3.68. The number of amides is 1. The molecule has 1 amide bonds. The van der Waals surface area contributed by atoms with Gasteiger partial charge in [0.1, 0.15) is 0 Å². The first-order valence-corrected chi connectivity index (χ1v) is 6.26. The van der Waals surface area contributed by atoms with E-state index in [1.165, 1.54) is 0 Å². The number of nitrogens with zero attached hydrogens (tertiary/aromatic N) is 2. The normalized spacial score (nSPS) is 9.94. The standard InChI is InChI=1S/C13H22N4O/c1-4-6-15-11-8-12(10-14-9-11)16-7-5-13(18)17(2)3/h8-10,15-16H,4-7H2,1-3H3. The summed E-state index contributed by atoms with van der Waals surface area (Å²) in [5, 5.41) is 6.47. The molecule has 1 heterocycles. The maximum atomic E-state index is 11.4. The molecule has 0 aromatic carbocycles. The van der Waals surface area contributed by atoms with Gasteiger partial charge in [-0.3, -0.25) is 9.78 Å². The minimum absolute atomic E-state index is 0.121. The highest BCUT2D eigenvalue weighted by Crippen LogP contribution is 2.12. The van der Waals surface area contributed by atoms with Gasteiger partial charge in [0.25, 0.3) is 0 Å². The van der Waals surface area contributed by atoms with E-state index in [0.717, 1.165) is 24.3 Å². The molecule has 0 aliphatic rings. The number of aromatic nitrogens is 1. The molecule has 1 rings (SSSR count). The molecule has 1 aromatic rings. The van der Waals surface area contributed by atoms with Gasteiger partial charge in [-0.25, -0.2) is 0 Å². The molecule has 2 N–H and O–H groups in total. The Kier molecular flexibility index (Phi) is 5.97. The van der Waals surface area contributed by atoms with Crippen LogP contribution in [0.25, 0.3) is 0 Å². The third-order valence-electron chi connectivity index (χ3n) is 2.48. The zero-order chi connectivity index (χ0) is 13.4. The zero-order valence-electron chi connectivity index (χ0n) is 11.4. The van der Waals surface area contributed by atoms with Crippen LogP contribution < -0.4 is 10.6 Å². The lowest BCUT2D eigenvalue weighted by Crippen LogP contribution is -2.23. The molecular weight excluding hydrogens is 228 g/mol. The van der Waals surface area contributed by atoms with Crippen molar-refractivity contribution in [1.29, 1.82) is 0 Å². The lowest BCUT2D eigenvalue weighted by Gasteiger charge is -2.11. The summed E-state index contributed by atoms with van der Waals surface area (Å²) in [5.74, 6) is 0.121. The van der Waals surface area contributed by atoms with Crippen molar-refractivity contribution >= 4 is 17.3 Å². The quantitative estimate of drug-likeness (QED) is 0.774. The van der Waals surface area contributed by atoms with E-state index in [1.807, 2.05) is 6.07 Å². The van der Waals surface area contributed by atoms with E-state index in [-0.39, 0.29) is 5.91 Å². The van der Waals surface area contributed by atoms with E-state index < -0.39 is 0 Å². The Labute approximate surface area is 109 Å². The fourth-order valence-corrected chi connectivity index (χ4v) is 1.44. The van der Waals surface area contributed by atoms with Crippen molar-refractivity contribution in [3.8, 4) is 0 Å². The average molecular weight is 250 g/mol. The van der Waals surface area contributed by atoms with Gasteiger partial charge in [-0.2, -0.15) is 0 Å². The minimum atomic E-state index is 0.121. The van der Waals surface area contributed by atoms with Gasteiger partial charge in [-0.15, -0.1) is 0 Å². The molecular formula is C13H22N4O. The molecule has 0 aliphatic heterocycles. The van der Waals surface area contributed by atoms with Crippen LogP contribution in [0.1, 0.15) is 19.8 Å². The van der Waals surface area contributed by atoms with Gasteiger partial charge in [0, 0.05) is 33.6 Å². The number of pyridine rings is 1. The lowest BCUT2D eigenvalue weighted by molar-refractivity contribution is -0.128. The largest absolute Gasteiger partial charge is 0.384 e. The number of carbonyl (C=O) groups excluding carboxylic acids is 1. The Morgan fingerprint density at radius 3 is 2.39 bits per heavy atom. The second-order valence-corrected chi connectivity index (χ2v) is 4.35. The van der Waals surface area contributed by atoms with E-state index >= 15 is 0 Å². The Bertz CT molecular complexity index is 379. The molecule has 0 fully saturated rings. The highest BCUT2D eigenvalue weighted by molar-refractivity contribution is 5.76. The van der Waals surface area contributed by atoms with Crippen LogP contribution in [0, 0.1) is 0 Å². The molecule has 0 spiro atoms. The van der Waals surface area contributed by atoms with Crippen molar-refractivity contribution in [3.63, 3.8) is 0 Å². The van der Waals surface area contributed by atoms with Crippen LogP contribution in [-0.4, -0.2) is 43.0 Å². The smallest absolute Gasteiger partial charge is 0.223 e. The summed E-state index contributed by atoms with van der Waals surface area (Å²) in [7, 11) is 3.53. The van der Waals surface area contributed by atoms with Crippen LogP contribution in [0.2, 0.25) is 0 Å². The van der Waals surface area contributed by atoms with Crippen LogP contribution in [0.4, 0.5) is 11.4 Å². The lowest BCUT2D eigenvalue weighted by atomic mass is 10.3. The second kappa shape index (κ2) is 7.53. The van der Waals surface area contributed by atoms with Crippen molar-refractivity contribution in [2.24, 2.45) is 0 Å². The van der Waals surface area contributed by atoms with Gasteiger partial charge in [0.15, 0.2) is 0 Å². The van der Waals surface area contributed by atoms with Crippen molar-refractivity contribution in [2.75, 3.05) is 37.8 Å². The fraction of sp³-hybridized carbons (Fsp3) is 0.538. The third kappa shape index (κ3) is 5.03. The van der Waals surface area contributed by atoms with Crippen molar-refractivity contribution < 1.29 is 4.79 Å². The van der Waals surface area contributed by atoms with E-state index in [9.17, 15) is 4.79 Å². The summed E-state index contributed by atoms with van der Waals surface area (Å²) in [4.78, 5) is 17.1. The summed E-state index contributed by atoms with van der Waals surface area (Å²) in [5.41, 5.74) is 1.93. The molecule has 0 saturated heterocycles. The molecule has 0 aliphatic carbocycles. The van der Waals surface area contributed by atoms with Crippen LogP contribution in [0.5, 0.6) is 0 Å². The van der Waals surface area contributed by atoms with E-state index in [4.69, 9.17) is 0 Å². The first-order chi connectivity index (χ1) is 8.63. The fourth-order valence-electron chi connectivity index (χ4n) is 1.44. The minimum Gasteiger partial charge on any atom is -0.384 e. The van der Waals surface area contributed by atoms with Crippen molar-refractivity contribution in [1.82, 2.24) is 9.88 Å².